The van der Waals surface area contributed by atoms with E-state index in [1.54, 1.807) is 24.3 Å². The van der Waals surface area contributed by atoms with Crippen molar-refractivity contribution in [1.82, 2.24) is 0 Å². The van der Waals surface area contributed by atoms with Crippen LogP contribution in [0.1, 0.15) is 127 Å². The monoisotopic (exact) mass is 528 g/mol. The van der Waals surface area contributed by atoms with Crippen molar-refractivity contribution in [2.45, 2.75) is 117 Å². The molecule has 0 atom stereocenters. The molecule has 0 radical (unpaired) electrons. The van der Waals surface area contributed by atoms with Crippen molar-refractivity contribution in [2.75, 3.05) is 13.2 Å². The van der Waals surface area contributed by atoms with E-state index in [9.17, 15) is 9.18 Å². The molecule has 0 aromatic heterocycles. The maximum atomic E-state index is 14.5. The average Bonchev–Trinajstić information content (AvgIpc) is 2.92. The van der Waals surface area contributed by atoms with Crippen LogP contribution in [0.25, 0.3) is 0 Å². The number of halogens is 1. The first-order valence-electron chi connectivity index (χ1n) is 15.0. The molecule has 0 aliphatic rings. The molecule has 2 aromatic carbocycles. The molecule has 0 saturated carbocycles. The second kappa shape index (κ2) is 20.4. The van der Waals surface area contributed by atoms with E-state index >= 15 is 0 Å². The van der Waals surface area contributed by atoms with Crippen LogP contribution in [0.4, 0.5) is 4.39 Å². The minimum atomic E-state index is -0.605. The van der Waals surface area contributed by atoms with Gasteiger partial charge in [0.05, 0.1) is 18.8 Å². The Morgan fingerprint density at radius 2 is 1.08 bits per heavy atom. The van der Waals surface area contributed by atoms with Crippen LogP contribution < -0.4 is 14.2 Å². The summed E-state index contributed by atoms with van der Waals surface area (Å²) in [7, 11) is 0. The first-order chi connectivity index (χ1) is 18.6. The molecule has 0 N–H and O–H groups in total. The van der Waals surface area contributed by atoms with E-state index < -0.39 is 11.8 Å². The van der Waals surface area contributed by atoms with Crippen LogP contribution >= 0.6 is 0 Å². The smallest absolute Gasteiger partial charge is 0.343 e. The number of hydrogen-bond acceptors (Lipinski definition) is 4. The molecule has 0 aliphatic carbocycles. The molecule has 2 aromatic rings. The molecule has 4 nitrogen and oxygen atoms in total. The topological polar surface area (TPSA) is 44.8 Å². The molecule has 212 valence electrons. The predicted octanol–water partition coefficient (Wildman–Crippen LogP) is 10.1. The van der Waals surface area contributed by atoms with Crippen LogP contribution in [0, 0.1) is 5.82 Å². The summed E-state index contributed by atoms with van der Waals surface area (Å²) in [4.78, 5) is 12.5. The molecule has 0 fully saturated rings. The van der Waals surface area contributed by atoms with Crippen LogP contribution in [-0.2, 0) is 0 Å². The number of esters is 1. The summed E-state index contributed by atoms with van der Waals surface area (Å²) in [6.45, 7) is 5.62. The van der Waals surface area contributed by atoms with Gasteiger partial charge in [-0.15, -0.1) is 0 Å². The van der Waals surface area contributed by atoms with Gasteiger partial charge in [0.25, 0.3) is 0 Å². The summed E-state index contributed by atoms with van der Waals surface area (Å²) in [6.07, 6.45) is 19.7. The SMILES string of the molecule is CCCCCCCCCCOc1ccc(OC(=O)c2ccc(OCCCCCCCCCC)c(F)c2)cc1. The maximum absolute atomic E-state index is 14.5. The van der Waals surface area contributed by atoms with Gasteiger partial charge < -0.3 is 14.2 Å². The Bertz CT molecular complexity index is 881. The Hall–Kier alpha value is -2.56. The predicted molar refractivity (Wildman–Crippen MR) is 154 cm³/mol. The number of unbranched alkanes of at least 4 members (excludes halogenated alkanes) is 14. The van der Waals surface area contributed by atoms with Crippen LogP contribution in [0.15, 0.2) is 42.5 Å². The van der Waals surface area contributed by atoms with Gasteiger partial charge in [-0.05, 0) is 55.3 Å². The third-order valence-corrected chi connectivity index (χ3v) is 6.72. The second-order valence-corrected chi connectivity index (χ2v) is 10.2. The zero-order chi connectivity index (χ0) is 27.3. The van der Waals surface area contributed by atoms with Crippen molar-refractivity contribution in [3.8, 4) is 17.2 Å². The fraction of sp³-hybridized carbons (Fsp3) is 0.606. The molecule has 38 heavy (non-hydrogen) atoms. The third-order valence-electron chi connectivity index (χ3n) is 6.72. The summed E-state index contributed by atoms with van der Waals surface area (Å²) in [5.74, 6) is 0.152. The minimum Gasteiger partial charge on any atom is -0.494 e. The Labute approximate surface area is 230 Å². The molecule has 2 rings (SSSR count). The van der Waals surface area contributed by atoms with Crippen LogP contribution in [0.2, 0.25) is 0 Å². The molecular weight excluding hydrogens is 479 g/mol. The lowest BCUT2D eigenvalue weighted by Crippen LogP contribution is -2.09. The van der Waals surface area contributed by atoms with Crippen molar-refractivity contribution in [1.29, 1.82) is 0 Å². The number of ether oxygens (including phenoxy) is 3. The highest BCUT2D eigenvalue weighted by atomic mass is 19.1. The lowest BCUT2D eigenvalue weighted by molar-refractivity contribution is 0.0734. The summed E-state index contributed by atoms with van der Waals surface area (Å²) in [6, 6.07) is 11.2. The van der Waals surface area contributed by atoms with E-state index in [1.165, 1.54) is 102 Å². The molecule has 0 unspecified atom stereocenters. The number of carbonyl (C=O) groups excluding carboxylic acids is 1. The van der Waals surface area contributed by atoms with Crippen LogP contribution in [0.5, 0.6) is 17.2 Å². The second-order valence-electron chi connectivity index (χ2n) is 10.2. The van der Waals surface area contributed by atoms with Gasteiger partial charge in [-0.2, -0.15) is 0 Å². The molecule has 0 saturated heterocycles. The Morgan fingerprint density at radius 1 is 0.605 bits per heavy atom. The molecule has 0 amide bonds. The third kappa shape index (κ3) is 13.8. The highest BCUT2D eigenvalue weighted by Crippen LogP contribution is 2.22. The van der Waals surface area contributed by atoms with Crippen molar-refractivity contribution < 1.29 is 23.4 Å². The Morgan fingerprint density at radius 3 is 1.61 bits per heavy atom. The molecule has 5 heteroatoms. The van der Waals surface area contributed by atoms with Crippen LogP contribution in [-0.4, -0.2) is 19.2 Å². The van der Waals surface area contributed by atoms with Crippen molar-refractivity contribution >= 4 is 5.97 Å². The average molecular weight is 529 g/mol. The van der Waals surface area contributed by atoms with E-state index in [0.29, 0.717) is 19.0 Å². The highest BCUT2D eigenvalue weighted by Gasteiger charge is 2.13. The fourth-order valence-corrected chi connectivity index (χ4v) is 4.36. The molecule has 0 heterocycles. The summed E-state index contributed by atoms with van der Waals surface area (Å²) < 4.78 is 31.2. The lowest BCUT2D eigenvalue weighted by atomic mass is 10.1. The Kier molecular flexibility index (Phi) is 17.0. The summed E-state index contributed by atoms with van der Waals surface area (Å²) >= 11 is 0. The van der Waals surface area contributed by atoms with Crippen molar-refractivity contribution in [3.05, 3.63) is 53.8 Å². The van der Waals surface area contributed by atoms with Gasteiger partial charge in [-0.25, -0.2) is 9.18 Å². The van der Waals surface area contributed by atoms with Crippen molar-refractivity contribution in [2.24, 2.45) is 0 Å². The molecule has 0 aliphatic heterocycles. The van der Waals surface area contributed by atoms with Crippen LogP contribution in [0.3, 0.4) is 0 Å². The first kappa shape index (κ1) is 31.7. The van der Waals surface area contributed by atoms with E-state index in [0.717, 1.165) is 25.0 Å². The van der Waals surface area contributed by atoms with E-state index in [-0.39, 0.29) is 11.3 Å². The standard InChI is InChI=1S/C33H49FO4/c1-3-5-7-9-11-13-15-17-25-36-29-20-22-30(23-21-29)38-33(35)28-19-24-32(31(34)27-28)37-26-18-16-14-12-10-8-6-4-2/h19-24,27H,3-18,25-26H2,1-2H3. The molecule has 0 bridgehead atoms. The van der Waals surface area contributed by atoms with E-state index in [1.807, 2.05) is 0 Å². The number of carbonyl (C=O) groups is 1. The van der Waals surface area contributed by atoms with Gasteiger partial charge >= 0.3 is 5.97 Å². The van der Waals surface area contributed by atoms with E-state index in [4.69, 9.17) is 14.2 Å². The molecule has 0 spiro atoms. The van der Waals surface area contributed by atoms with Gasteiger partial charge in [0.2, 0.25) is 0 Å². The summed E-state index contributed by atoms with van der Waals surface area (Å²) in [5, 5.41) is 0. The maximum Gasteiger partial charge on any atom is 0.343 e. The summed E-state index contributed by atoms with van der Waals surface area (Å²) in [5.41, 5.74) is 0.150. The van der Waals surface area contributed by atoms with Gasteiger partial charge in [-0.1, -0.05) is 104 Å². The van der Waals surface area contributed by atoms with Gasteiger partial charge in [0.1, 0.15) is 11.5 Å². The molecular formula is C33H49FO4. The number of benzene rings is 2. The lowest BCUT2D eigenvalue weighted by Gasteiger charge is -2.10. The zero-order valence-corrected chi connectivity index (χ0v) is 23.8. The normalized spacial score (nSPS) is 10.9. The quantitative estimate of drug-likeness (QED) is 0.0866. The zero-order valence-electron chi connectivity index (χ0n) is 23.8. The first-order valence-corrected chi connectivity index (χ1v) is 15.0. The number of rotatable bonds is 22. The fourth-order valence-electron chi connectivity index (χ4n) is 4.36. The van der Waals surface area contributed by atoms with Gasteiger partial charge in [-0.3, -0.25) is 0 Å². The van der Waals surface area contributed by atoms with E-state index in [2.05, 4.69) is 13.8 Å². The van der Waals surface area contributed by atoms with Gasteiger partial charge in [0.15, 0.2) is 11.6 Å². The Balaban J connectivity index is 1.63. The van der Waals surface area contributed by atoms with Gasteiger partial charge in [0, 0.05) is 0 Å². The number of hydrogen-bond donors (Lipinski definition) is 0. The highest BCUT2D eigenvalue weighted by molar-refractivity contribution is 5.91. The van der Waals surface area contributed by atoms with Crippen molar-refractivity contribution in [3.63, 3.8) is 0 Å². The minimum absolute atomic E-state index is 0.150. The largest absolute Gasteiger partial charge is 0.494 e.